The number of rotatable bonds is 13. The van der Waals surface area contributed by atoms with Crippen molar-refractivity contribution in [1.29, 1.82) is 0 Å². The van der Waals surface area contributed by atoms with E-state index in [1.165, 1.54) is 77.0 Å². The van der Waals surface area contributed by atoms with E-state index in [9.17, 15) is 4.79 Å². The van der Waals surface area contributed by atoms with E-state index in [1.54, 1.807) is 0 Å². The van der Waals surface area contributed by atoms with Crippen LogP contribution in [0.2, 0.25) is 0 Å². The molecule has 258 valence electrons. The summed E-state index contributed by atoms with van der Waals surface area (Å²) in [7, 11) is 0. The molecule has 12 aliphatic carbocycles. The maximum absolute atomic E-state index is 13.6. The summed E-state index contributed by atoms with van der Waals surface area (Å²) in [5.41, 5.74) is -0.966. The van der Waals surface area contributed by atoms with E-state index in [0.29, 0.717) is 30.3 Å². The molecular weight excluding hydrogens is 576 g/mol. The van der Waals surface area contributed by atoms with E-state index >= 15 is 0 Å². The minimum absolute atomic E-state index is 0.0709. The van der Waals surface area contributed by atoms with Gasteiger partial charge in [-0.15, -0.1) is 0 Å². The van der Waals surface area contributed by atoms with Gasteiger partial charge in [-0.25, -0.2) is 0 Å². The van der Waals surface area contributed by atoms with Gasteiger partial charge in [0.05, 0.1) is 29.8 Å². The van der Waals surface area contributed by atoms with E-state index in [-0.39, 0.29) is 17.2 Å². The summed E-state index contributed by atoms with van der Waals surface area (Å²) in [6, 6.07) is 0. The van der Waals surface area contributed by atoms with Crippen molar-refractivity contribution in [2.24, 2.45) is 57.7 Å². The Hall–Kier alpha value is -0.690. The lowest BCUT2D eigenvalue weighted by Gasteiger charge is -2.64. The molecule has 6 heteroatoms. The van der Waals surface area contributed by atoms with Gasteiger partial charge in [0.1, 0.15) is 19.2 Å². The smallest absolute Gasteiger partial charge is 0.312 e. The van der Waals surface area contributed by atoms with Gasteiger partial charge in [0.2, 0.25) is 0 Å². The number of carbonyl (C=O) groups is 1. The van der Waals surface area contributed by atoms with Crippen LogP contribution < -0.4 is 0 Å². The molecule has 0 N–H and O–H groups in total. The molecule has 0 aromatic heterocycles. The van der Waals surface area contributed by atoms with Crippen molar-refractivity contribution in [2.45, 2.75) is 160 Å². The highest BCUT2D eigenvalue weighted by molar-refractivity contribution is 5.76. The first-order valence-corrected chi connectivity index (χ1v) is 19.6. The Balaban J connectivity index is 0.871. The fraction of sp³-hybridized carbons (Fsp3) is 0.975. The molecule has 12 rings (SSSR count). The van der Waals surface area contributed by atoms with Gasteiger partial charge in [-0.2, -0.15) is 0 Å². The minimum Gasteiger partial charge on any atom is -0.458 e. The summed E-state index contributed by atoms with van der Waals surface area (Å²) < 4.78 is 33.4. The fourth-order valence-electron chi connectivity index (χ4n) is 14.9. The first-order chi connectivity index (χ1) is 22.0. The monoisotopic (exact) mass is 638 g/mol. The Morgan fingerprint density at radius 1 is 0.565 bits per heavy atom. The van der Waals surface area contributed by atoms with Crippen LogP contribution in [0.1, 0.15) is 143 Å². The molecule has 2 atom stereocenters. The zero-order valence-corrected chi connectivity index (χ0v) is 29.3. The average Bonchev–Trinajstić information content (AvgIpc) is 2.95. The van der Waals surface area contributed by atoms with Gasteiger partial charge in [-0.05, 0) is 169 Å². The molecule has 0 saturated heterocycles. The number of hydrogen-bond acceptors (Lipinski definition) is 6. The van der Waals surface area contributed by atoms with Gasteiger partial charge in [0.15, 0.2) is 0 Å². The van der Waals surface area contributed by atoms with Gasteiger partial charge in [0, 0.05) is 19.3 Å². The van der Waals surface area contributed by atoms with Crippen LogP contribution in [-0.4, -0.2) is 49.6 Å². The van der Waals surface area contributed by atoms with E-state index < -0.39 is 11.0 Å². The number of ether oxygens (including phenoxy) is 5. The van der Waals surface area contributed by atoms with Crippen LogP contribution >= 0.6 is 0 Å². The van der Waals surface area contributed by atoms with Gasteiger partial charge in [-0.3, -0.25) is 4.79 Å². The van der Waals surface area contributed by atoms with E-state index in [2.05, 4.69) is 6.92 Å². The summed E-state index contributed by atoms with van der Waals surface area (Å²) in [6.45, 7) is 8.50. The Bertz CT molecular complexity index is 1050. The van der Waals surface area contributed by atoms with Crippen LogP contribution in [0.15, 0.2) is 0 Å². The van der Waals surface area contributed by atoms with Crippen LogP contribution in [0.4, 0.5) is 0 Å². The second-order valence-electron chi connectivity index (χ2n) is 20.2. The maximum atomic E-state index is 13.6. The standard InChI is InChI=1S/C40H62O6/c1-4-35(2,3)34(41)46-40-19-33-17-38(21-40,44-25-42-23-36-11-27-5-28(12-36)7-29(6-27)13-36)20-39(18-33,22-40)45-26-43-24-37-14-30-8-31(15-37)10-32(9-30)16-37/h27-33H,4-26H2,1-3H3. The molecule has 0 radical (unpaired) electrons. The Kier molecular flexibility index (Phi) is 7.42. The number of carbonyl (C=O) groups excluding carboxylic acids is 1. The zero-order valence-electron chi connectivity index (χ0n) is 29.3. The van der Waals surface area contributed by atoms with Crippen LogP contribution in [0.25, 0.3) is 0 Å². The lowest BCUT2D eigenvalue weighted by molar-refractivity contribution is -0.313. The van der Waals surface area contributed by atoms with Crippen LogP contribution in [0.5, 0.6) is 0 Å². The quantitative estimate of drug-likeness (QED) is 0.114. The van der Waals surface area contributed by atoms with E-state index in [1.807, 2.05) is 13.8 Å². The third-order valence-electron chi connectivity index (χ3n) is 15.7. The Labute approximate surface area is 278 Å². The fourth-order valence-corrected chi connectivity index (χ4v) is 14.9. The van der Waals surface area contributed by atoms with Crippen molar-refractivity contribution < 1.29 is 28.5 Å². The third kappa shape index (κ3) is 5.54. The van der Waals surface area contributed by atoms with Crippen molar-refractivity contribution in [3.63, 3.8) is 0 Å². The molecule has 0 aromatic rings. The van der Waals surface area contributed by atoms with Crippen LogP contribution in [0, 0.1) is 57.7 Å². The number of esters is 1. The normalized spacial score (nSPS) is 50.9. The van der Waals surface area contributed by atoms with E-state index in [4.69, 9.17) is 23.7 Å². The Morgan fingerprint density at radius 2 is 0.935 bits per heavy atom. The molecule has 2 unspecified atom stereocenters. The lowest BCUT2D eigenvalue weighted by atomic mass is 9.50. The van der Waals surface area contributed by atoms with Crippen molar-refractivity contribution in [3.8, 4) is 0 Å². The highest BCUT2D eigenvalue weighted by Gasteiger charge is 2.67. The molecule has 12 bridgehead atoms. The average molecular weight is 639 g/mol. The maximum Gasteiger partial charge on any atom is 0.312 e. The highest BCUT2D eigenvalue weighted by atomic mass is 16.7. The molecule has 0 aromatic carbocycles. The lowest BCUT2D eigenvalue weighted by Crippen LogP contribution is -2.68. The predicted octanol–water partition coefficient (Wildman–Crippen LogP) is 8.59. The first kappa shape index (κ1) is 31.3. The van der Waals surface area contributed by atoms with Gasteiger partial charge >= 0.3 is 5.97 Å². The van der Waals surface area contributed by atoms with Crippen molar-refractivity contribution >= 4 is 5.97 Å². The minimum atomic E-state index is -0.525. The largest absolute Gasteiger partial charge is 0.458 e. The molecule has 12 fully saturated rings. The molecule has 6 nitrogen and oxygen atoms in total. The summed E-state index contributed by atoms with van der Waals surface area (Å²) in [5.74, 6) is 5.96. The molecule has 46 heavy (non-hydrogen) atoms. The topological polar surface area (TPSA) is 63.2 Å². The second-order valence-corrected chi connectivity index (χ2v) is 20.2. The molecule has 12 aliphatic rings. The summed E-state index contributed by atoms with van der Waals surface area (Å²) in [4.78, 5) is 13.6. The van der Waals surface area contributed by atoms with Crippen molar-refractivity contribution in [1.82, 2.24) is 0 Å². The van der Waals surface area contributed by atoms with Gasteiger partial charge in [-0.1, -0.05) is 6.92 Å². The van der Waals surface area contributed by atoms with Crippen LogP contribution in [0.3, 0.4) is 0 Å². The summed E-state index contributed by atoms with van der Waals surface area (Å²) in [5, 5.41) is 0. The van der Waals surface area contributed by atoms with Crippen molar-refractivity contribution in [2.75, 3.05) is 26.8 Å². The molecule has 0 heterocycles. The third-order valence-corrected chi connectivity index (χ3v) is 15.7. The van der Waals surface area contributed by atoms with Crippen molar-refractivity contribution in [3.05, 3.63) is 0 Å². The SMILES string of the molecule is CCC(C)(C)C(=O)OC12CC3CC(OCOCC45CC6CC(CC(C6)C4)C5)(CC(OCOCC45CC6CC(CC(C6)C4)C5)(C3)C1)C2. The molecule has 0 aliphatic heterocycles. The first-order valence-electron chi connectivity index (χ1n) is 19.6. The molecular formula is C40H62O6. The summed E-state index contributed by atoms with van der Waals surface area (Å²) >= 11 is 0. The molecule has 0 amide bonds. The Morgan fingerprint density at radius 3 is 1.33 bits per heavy atom. The second kappa shape index (κ2) is 10.9. The molecule has 0 spiro atoms. The van der Waals surface area contributed by atoms with Gasteiger partial charge in [0.25, 0.3) is 0 Å². The summed E-state index contributed by atoms with van der Waals surface area (Å²) in [6.07, 6.45) is 23.1. The van der Waals surface area contributed by atoms with E-state index in [0.717, 1.165) is 93.7 Å². The predicted molar refractivity (Wildman–Crippen MR) is 175 cm³/mol. The number of hydrogen-bond donors (Lipinski definition) is 0. The highest BCUT2D eigenvalue weighted by Crippen LogP contribution is 2.64. The van der Waals surface area contributed by atoms with Gasteiger partial charge < -0.3 is 23.7 Å². The zero-order chi connectivity index (χ0) is 31.4. The van der Waals surface area contributed by atoms with Crippen LogP contribution in [-0.2, 0) is 28.5 Å². The molecule has 12 saturated carbocycles.